The molecule has 0 unspecified atom stereocenters. The van der Waals surface area contributed by atoms with Gasteiger partial charge in [0.1, 0.15) is 0 Å². The Hall–Kier alpha value is -2.27. The third-order valence-corrected chi connectivity index (χ3v) is 4.50. The van der Waals surface area contributed by atoms with Crippen LogP contribution in [0.2, 0.25) is 5.02 Å². The number of aromatic nitrogens is 2. The minimum atomic E-state index is -0.609. The van der Waals surface area contributed by atoms with Gasteiger partial charge < -0.3 is 9.40 Å². The molecule has 6 heteroatoms. The van der Waals surface area contributed by atoms with E-state index in [1.807, 2.05) is 24.3 Å². The summed E-state index contributed by atoms with van der Waals surface area (Å²) in [5.41, 5.74) is 2.76. The van der Waals surface area contributed by atoms with Crippen molar-refractivity contribution in [2.45, 2.75) is 39.0 Å². The lowest BCUT2D eigenvalue weighted by Gasteiger charge is -2.11. The van der Waals surface area contributed by atoms with E-state index in [2.05, 4.69) is 16.9 Å². The second-order valence-electron chi connectivity index (χ2n) is 5.86. The fraction of sp³-hybridized carbons (Fsp3) is 0.333. The molecule has 0 spiro atoms. The summed E-state index contributed by atoms with van der Waals surface area (Å²) < 4.78 is 5.26. The molecule has 0 aliphatic carbocycles. The predicted octanol–water partition coefficient (Wildman–Crippen LogP) is 3.79. The van der Waals surface area contributed by atoms with Crippen molar-refractivity contribution in [3.05, 3.63) is 67.0 Å². The van der Waals surface area contributed by atoms with Gasteiger partial charge in [-0.15, -0.1) is 0 Å². The zero-order chi connectivity index (χ0) is 17.1. The summed E-state index contributed by atoms with van der Waals surface area (Å²) in [7, 11) is 0. The minimum Gasteiger partial charge on any atom is -0.407 e. The molecule has 0 atom stereocenters. The summed E-state index contributed by atoms with van der Waals surface area (Å²) in [6, 6.07) is 7.52. The molecule has 2 heterocycles. The van der Waals surface area contributed by atoms with Crippen LogP contribution in [-0.2, 0) is 12.8 Å². The molecule has 1 aromatic carbocycles. The highest BCUT2D eigenvalue weighted by Gasteiger charge is 2.17. The zero-order valence-electron chi connectivity index (χ0n) is 13.4. The van der Waals surface area contributed by atoms with Gasteiger partial charge in [-0.3, -0.25) is 9.78 Å². The van der Waals surface area contributed by atoms with Crippen molar-refractivity contribution in [2.75, 3.05) is 0 Å². The molecule has 24 heavy (non-hydrogen) atoms. The minimum absolute atomic E-state index is 0.203. The molecule has 3 aromatic rings. The topological polar surface area (TPSA) is 78.9 Å². The molecule has 126 valence electrons. The van der Waals surface area contributed by atoms with E-state index in [1.54, 1.807) is 0 Å². The highest BCUT2D eigenvalue weighted by atomic mass is 35.5. The van der Waals surface area contributed by atoms with Crippen LogP contribution in [0.3, 0.4) is 0 Å². The lowest BCUT2D eigenvalue weighted by molar-refractivity contribution is 0.549. The average molecular weight is 347 g/mol. The van der Waals surface area contributed by atoms with Crippen molar-refractivity contribution in [3.8, 4) is 0 Å². The zero-order valence-corrected chi connectivity index (χ0v) is 14.2. The van der Waals surface area contributed by atoms with Gasteiger partial charge >= 0.3 is 5.76 Å². The summed E-state index contributed by atoms with van der Waals surface area (Å²) in [5.74, 6) is -0.609. The van der Waals surface area contributed by atoms with Gasteiger partial charge in [0.15, 0.2) is 11.1 Å². The van der Waals surface area contributed by atoms with E-state index in [0.29, 0.717) is 17.0 Å². The Kier molecular flexibility index (Phi) is 4.90. The maximum Gasteiger partial charge on any atom is 0.417 e. The number of halogens is 1. The van der Waals surface area contributed by atoms with Crippen LogP contribution in [0, 0.1) is 0 Å². The highest BCUT2D eigenvalue weighted by Crippen LogP contribution is 2.24. The summed E-state index contributed by atoms with van der Waals surface area (Å²) >= 11 is 6.24. The van der Waals surface area contributed by atoms with Crippen LogP contribution < -0.4 is 11.3 Å². The van der Waals surface area contributed by atoms with Gasteiger partial charge in [-0.25, -0.2) is 4.79 Å². The number of fused-ring (bicyclic) bond motifs is 1. The number of aromatic amines is 2. The molecular formula is C18H19ClN2O3. The number of nitrogens with one attached hydrogen (secondary N) is 2. The lowest BCUT2D eigenvalue weighted by Crippen LogP contribution is -2.14. The third-order valence-electron chi connectivity index (χ3n) is 4.13. The molecule has 0 saturated heterocycles. The number of unbranched alkanes of at least 4 members (excludes halogenated alkanes) is 2. The van der Waals surface area contributed by atoms with Crippen LogP contribution in [0.1, 0.15) is 43.0 Å². The number of pyridine rings is 1. The van der Waals surface area contributed by atoms with Crippen molar-refractivity contribution < 1.29 is 4.42 Å². The molecule has 0 fully saturated rings. The largest absolute Gasteiger partial charge is 0.417 e. The predicted molar refractivity (Wildman–Crippen MR) is 94.9 cm³/mol. The molecular weight excluding hydrogens is 328 g/mol. The maximum atomic E-state index is 12.3. The van der Waals surface area contributed by atoms with E-state index < -0.39 is 5.76 Å². The van der Waals surface area contributed by atoms with E-state index in [-0.39, 0.29) is 11.1 Å². The maximum absolute atomic E-state index is 12.3. The van der Waals surface area contributed by atoms with Crippen molar-refractivity contribution >= 4 is 22.7 Å². The Morgan fingerprint density at radius 1 is 1.12 bits per heavy atom. The summed E-state index contributed by atoms with van der Waals surface area (Å²) in [4.78, 5) is 29.2. The van der Waals surface area contributed by atoms with Gasteiger partial charge in [0.05, 0.1) is 0 Å². The Morgan fingerprint density at radius 2 is 1.92 bits per heavy atom. The monoisotopic (exact) mass is 346 g/mol. The van der Waals surface area contributed by atoms with Crippen LogP contribution in [-0.4, -0.2) is 9.97 Å². The van der Waals surface area contributed by atoms with E-state index in [4.69, 9.17) is 16.0 Å². The second-order valence-corrected chi connectivity index (χ2v) is 6.26. The smallest absolute Gasteiger partial charge is 0.407 e. The molecule has 3 rings (SSSR count). The SMILES string of the molecule is CCCCCc1c(Cc2ccccc2Cl)[nH]c(=O)c2[nH]c(=O)oc12. The van der Waals surface area contributed by atoms with E-state index in [9.17, 15) is 9.59 Å². The summed E-state index contributed by atoms with van der Waals surface area (Å²) in [5, 5.41) is 0.647. The Morgan fingerprint density at radius 3 is 2.67 bits per heavy atom. The van der Waals surface area contributed by atoms with Crippen LogP contribution in [0.15, 0.2) is 38.3 Å². The molecule has 0 aliphatic rings. The van der Waals surface area contributed by atoms with Crippen molar-refractivity contribution in [3.63, 3.8) is 0 Å². The van der Waals surface area contributed by atoms with Gasteiger partial charge in [0, 0.05) is 22.7 Å². The first-order valence-electron chi connectivity index (χ1n) is 8.10. The second kappa shape index (κ2) is 7.09. The van der Waals surface area contributed by atoms with Crippen LogP contribution >= 0.6 is 11.6 Å². The summed E-state index contributed by atoms with van der Waals surface area (Å²) in [6.45, 7) is 2.13. The molecule has 0 radical (unpaired) electrons. The van der Waals surface area contributed by atoms with E-state index in [0.717, 1.165) is 42.5 Å². The van der Waals surface area contributed by atoms with E-state index >= 15 is 0 Å². The molecule has 0 saturated carbocycles. The molecule has 0 amide bonds. The van der Waals surface area contributed by atoms with Crippen molar-refractivity contribution in [1.82, 2.24) is 9.97 Å². The number of benzene rings is 1. The van der Waals surface area contributed by atoms with Gasteiger partial charge in [0.2, 0.25) is 0 Å². The average Bonchev–Trinajstić information content (AvgIpc) is 2.95. The Balaban J connectivity index is 2.11. The first-order chi connectivity index (χ1) is 11.6. The van der Waals surface area contributed by atoms with Crippen LogP contribution in [0.25, 0.3) is 11.1 Å². The van der Waals surface area contributed by atoms with Gasteiger partial charge in [-0.1, -0.05) is 49.6 Å². The summed E-state index contributed by atoms with van der Waals surface area (Å²) in [6.07, 6.45) is 4.34. The first-order valence-corrected chi connectivity index (χ1v) is 8.48. The number of rotatable bonds is 6. The molecule has 0 aliphatic heterocycles. The number of hydrogen-bond donors (Lipinski definition) is 2. The van der Waals surface area contributed by atoms with Gasteiger partial charge in [-0.05, 0) is 24.5 Å². The van der Waals surface area contributed by atoms with Crippen LogP contribution in [0.5, 0.6) is 0 Å². The van der Waals surface area contributed by atoms with Crippen LogP contribution in [0.4, 0.5) is 0 Å². The standard InChI is InChI=1S/C18H19ClN2O3/c1-2-3-4-8-12-14(10-11-7-5-6-9-13(11)19)20-17(22)15-16(12)24-18(23)21-15/h5-7,9H,2-4,8,10H2,1H3,(H,20,22)(H,21,23). The number of oxazole rings is 1. The van der Waals surface area contributed by atoms with Crippen molar-refractivity contribution in [1.29, 1.82) is 0 Å². The van der Waals surface area contributed by atoms with Crippen molar-refractivity contribution in [2.24, 2.45) is 0 Å². The number of hydrogen-bond acceptors (Lipinski definition) is 3. The quantitative estimate of drug-likeness (QED) is 0.666. The first kappa shape index (κ1) is 16.6. The Bertz CT molecular complexity index is 968. The molecule has 5 nitrogen and oxygen atoms in total. The highest BCUT2D eigenvalue weighted by molar-refractivity contribution is 6.31. The fourth-order valence-corrected chi connectivity index (χ4v) is 3.11. The fourth-order valence-electron chi connectivity index (χ4n) is 2.91. The lowest BCUT2D eigenvalue weighted by atomic mass is 10.00. The van der Waals surface area contributed by atoms with Gasteiger partial charge in [-0.2, -0.15) is 0 Å². The molecule has 2 N–H and O–H groups in total. The number of H-pyrrole nitrogens is 2. The van der Waals surface area contributed by atoms with E-state index in [1.165, 1.54) is 0 Å². The third kappa shape index (κ3) is 3.31. The van der Waals surface area contributed by atoms with Gasteiger partial charge in [0.25, 0.3) is 5.56 Å². The normalized spacial score (nSPS) is 11.2. The molecule has 2 aromatic heterocycles. The Labute approximate surface area is 143 Å². The molecule has 0 bridgehead atoms. The number of aryl methyl sites for hydroxylation is 1.